The van der Waals surface area contributed by atoms with Crippen molar-refractivity contribution in [2.24, 2.45) is 11.3 Å². The normalized spacial score (nSPS) is 25.2. The molecule has 8 nitrogen and oxygen atoms in total. The number of amides is 4. The number of rotatable bonds is 6. The van der Waals surface area contributed by atoms with Gasteiger partial charge in [0.15, 0.2) is 6.10 Å². The molecule has 1 aliphatic carbocycles. The molecule has 1 saturated carbocycles. The Morgan fingerprint density at radius 1 is 1.15 bits per heavy atom. The molecule has 1 heterocycles. The van der Waals surface area contributed by atoms with Crippen LogP contribution in [0.15, 0.2) is 24.3 Å². The summed E-state index contributed by atoms with van der Waals surface area (Å²) in [6.07, 6.45) is 0.952. The van der Waals surface area contributed by atoms with E-state index in [0.717, 1.165) is 16.9 Å². The Hall–Kier alpha value is -2.90. The standard InChI is InChI=1S/C25H35N3O5/c1-15(2)18-7-9-19(10-8-18)26-21(30)17(4)33-20(29)13-28-22(31)25(27-23(28)32)12-16(3)11-24(5,6)14-25/h7-10,15-17H,11-14H2,1-6H3,(H,26,30)(H,27,32). The van der Waals surface area contributed by atoms with E-state index < -0.39 is 42.0 Å². The molecule has 4 amide bonds. The van der Waals surface area contributed by atoms with Gasteiger partial charge in [-0.2, -0.15) is 0 Å². The van der Waals surface area contributed by atoms with E-state index in [2.05, 4.69) is 45.3 Å². The Balaban J connectivity index is 1.58. The van der Waals surface area contributed by atoms with Gasteiger partial charge in [-0.3, -0.25) is 19.3 Å². The molecule has 0 radical (unpaired) electrons. The molecule has 33 heavy (non-hydrogen) atoms. The third-order valence-corrected chi connectivity index (χ3v) is 6.43. The van der Waals surface area contributed by atoms with Gasteiger partial charge < -0.3 is 15.4 Å². The van der Waals surface area contributed by atoms with Gasteiger partial charge in [0.2, 0.25) is 0 Å². The SMILES string of the molecule is CC1CC(C)(C)CC2(C1)NC(=O)N(CC(=O)OC(C)C(=O)Nc1ccc(C(C)C)cc1)C2=O. The van der Waals surface area contributed by atoms with Gasteiger partial charge in [-0.05, 0) is 61.1 Å². The fourth-order valence-corrected chi connectivity index (χ4v) is 5.26. The summed E-state index contributed by atoms with van der Waals surface area (Å²) in [4.78, 5) is 51.5. The van der Waals surface area contributed by atoms with Gasteiger partial charge in [0.1, 0.15) is 12.1 Å². The number of nitrogens with one attached hydrogen (secondary N) is 2. The molecule has 180 valence electrons. The predicted octanol–water partition coefficient (Wildman–Crippen LogP) is 3.82. The first kappa shape index (κ1) is 24.7. The third-order valence-electron chi connectivity index (χ3n) is 6.43. The number of hydrogen-bond donors (Lipinski definition) is 2. The molecule has 3 atom stereocenters. The second-order valence-electron chi connectivity index (χ2n) is 10.7. The van der Waals surface area contributed by atoms with Crippen molar-refractivity contribution in [1.82, 2.24) is 10.2 Å². The van der Waals surface area contributed by atoms with Crippen molar-refractivity contribution >= 4 is 29.5 Å². The third kappa shape index (κ3) is 5.54. The Kier molecular flexibility index (Phi) is 6.86. The number of carbonyl (C=O) groups excluding carboxylic acids is 4. The average Bonchev–Trinajstić information content (AvgIpc) is 2.89. The molecule has 1 aromatic carbocycles. The van der Waals surface area contributed by atoms with E-state index in [0.29, 0.717) is 24.4 Å². The molecule has 1 aromatic rings. The second kappa shape index (κ2) is 9.15. The number of esters is 1. The lowest BCUT2D eigenvalue weighted by molar-refractivity contribution is -0.155. The number of urea groups is 1. The average molecular weight is 458 g/mol. The largest absolute Gasteiger partial charge is 0.451 e. The van der Waals surface area contributed by atoms with Crippen LogP contribution in [0.2, 0.25) is 0 Å². The fraction of sp³-hybridized carbons (Fsp3) is 0.600. The van der Waals surface area contributed by atoms with E-state index in [4.69, 9.17) is 4.74 Å². The smallest absolute Gasteiger partial charge is 0.327 e. The van der Waals surface area contributed by atoms with Crippen LogP contribution in [0.25, 0.3) is 0 Å². The summed E-state index contributed by atoms with van der Waals surface area (Å²) in [7, 11) is 0. The predicted molar refractivity (Wildman–Crippen MR) is 124 cm³/mol. The molecule has 3 rings (SSSR count). The first-order valence-corrected chi connectivity index (χ1v) is 11.6. The summed E-state index contributed by atoms with van der Waals surface area (Å²) in [6, 6.07) is 6.85. The monoisotopic (exact) mass is 457 g/mol. The van der Waals surface area contributed by atoms with Crippen molar-refractivity contribution in [3.63, 3.8) is 0 Å². The maximum atomic E-state index is 13.2. The summed E-state index contributed by atoms with van der Waals surface area (Å²) in [5.74, 6) is -1.05. The summed E-state index contributed by atoms with van der Waals surface area (Å²) in [5.41, 5.74) is 0.660. The fourth-order valence-electron chi connectivity index (χ4n) is 5.26. The first-order chi connectivity index (χ1) is 15.3. The van der Waals surface area contributed by atoms with Gasteiger partial charge in [-0.1, -0.05) is 46.8 Å². The second-order valence-corrected chi connectivity index (χ2v) is 10.7. The van der Waals surface area contributed by atoms with E-state index >= 15 is 0 Å². The molecule has 2 fully saturated rings. The minimum Gasteiger partial charge on any atom is -0.451 e. The number of imide groups is 1. The maximum absolute atomic E-state index is 13.2. The van der Waals surface area contributed by atoms with Crippen molar-refractivity contribution in [3.05, 3.63) is 29.8 Å². The topological polar surface area (TPSA) is 105 Å². The van der Waals surface area contributed by atoms with Crippen LogP contribution >= 0.6 is 0 Å². The molecule has 1 aliphatic heterocycles. The Morgan fingerprint density at radius 3 is 2.36 bits per heavy atom. The Labute approximate surface area is 195 Å². The molecule has 3 unspecified atom stereocenters. The van der Waals surface area contributed by atoms with Crippen LogP contribution in [0.1, 0.15) is 72.3 Å². The summed E-state index contributed by atoms with van der Waals surface area (Å²) in [6.45, 7) is 11.3. The van der Waals surface area contributed by atoms with Crippen LogP contribution in [-0.4, -0.2) is 46.9 Å². The van der Waals surface area contributed by atoms with E-state index in [-0.39, 0.29) is 11.3 Å². The highest BCUT2D eigenvalue weighted by atomic mass is 16.5. The lowest BCUT2D eigenvalue weighted by atomic mass is 9.64. The molecule has 2 aliphatic rings. The highest BCUT2D eigenvalue weighted by molar-refractivity contribution is 6.09. The van der Waals surface area contributed by atoms with E-state index in [1.54, 1.807) is 12.1 Å². The van der Waals surface area contributed by atoms with E-state index in [1.807, 2.05) is 12.1 Å². The summed E-state index contributed by atoms with van der Waals surface area (Å²) < 4.78 is 5.22. The first-order valence-electron chi connectivity index (χ1n) is 11.6. The van der Waals surface area contributed by atoms with Crippen molar-refractivity contribution in [2.45, 2.75) is 78.4 Å². The number of ether oxygens (including phenoxy) is 1. The van der Waals surface area contributed by atoms with Crippen LogP contribution in [0.4, 0.5) is 10.5 Å². The number of hydrogen-bond acceptors (Lipinski definition) is 5. The van der Waals surface area contributed by atoms with Crippen LogP contribution in [-0.2, 0) is 19.1 Å². The summed E-state index contributed by atoms with van der Waals surface area (Å²) in [5, 5.41) is 5.54. The maximum Gasteiger partial charge on any atom is 0.327 e. The number of carbonyl (C=O) groups is 4. The number of benzene rings is 1. The van der Waals surface area contributed by atoms with Gasteiger partial charge in [0.05, 0.1) is 0 Å². The van der Waals surface area contributed by atoms with Crippen LogP contribution in [0, 0.1) is 11.3 Å². The Bertz CT molecular complexity index is 940. The van der Waals surface area contributed by atoms with Crippen molar-refractivity contribution in [2.75, 3.05) is 11.9 Å². The van der Waals surface area contributed by atoms with E-state index in [1.165, 1.54) is 6.92 Å². The zero-order chi connectivity index (χ0) is 24.6. The minimum atomic E-state index is -1.08. The number of anilines is 1. The molecular weight excluding hydrogens is 422 g/mol. The molecule has 8 heteroatoms. The minimum absolute atomic E-state index is 0.100. The quantitative estimate of drug-likeness (QED) is 0.499. The lowest BCUT2D eigenvalue weighted by Gasteiger charge is -2.43. The Morgan fingerprint density at radius 2 is 1.79 bits per heavy atom. The molecule has 2 N–H and O–H groups in total. The van der Waals surface area contributed by atoms with Crippen LogP contribution < -0.4 is 10.6 Å². The zero-order valence-electron chi connectivity index (χ0n) is 20.4. The lowest BCUT2D eigenvalue weighted by Crippen LogP contribution is -2.54. The molecule has 1 spiro atoms. The van der Waals surface area contributed by atoms with Gasteiger partial charge in [-0.25, -0.2) is 4.79 Å². The highest BCUT2D eigenvalue weighted by Crippen LogP contribution is 2.46. The van der Waals surface area contributed by atoms with Gasteiger partial charge in [-0.15, -0.1) is 0 Å². The van der Waals surface area contributed by atoms with Gasteiger partial charge >= 0.3 is 12.0 Å². The van der Waals surface area contributed by atoms with Crippen LogP contribution in [0.5, 0.6) is 0 Å². The van der Waals surface area contributed by atoms with Crippen molar-refractivity contribution in [1.29, 1.82) is 0 Å². The van der Waals surface area contributed by atoms with Gasteiger partial charge in [0, 0.05) is 5.69 Å². The van der Waals surface area contributed by atoms with Crippen LogP contribution in [0.3, 0.4) is 0 Å². The molecule has 0 aromatic heterocycles. The molecule has 1 saturated heterocycles. The van der Waals surface area contributed by atoms with Crippen molar-refractivity contribution < 1.29 is 23.9 Å². The van der Waals surface area contributed by atoms with Gasteiger partial charge in [0.25, 0.3) is 11.8 Å². The zero-order valence-corrected chi connectivity index (χ0v) is 20.4. The van der Waals surface area contributed by atoms with E-state index in [9.17, 15) is 19.2 Å². The molecular formula is C25H35N3O5. The number of nitrogens with zero attached hydrogens (tertiary/aromatic N) is 1. The van der Waals surface area contributed by atoms with Crippen molar-refractivity contribution in [3.8, 4) is 0 Å². The molecule has 0 bridgehead atoms. The summed E-state index contributed by atoms with van der Waals surface area (Å²) >= 11 is 0. The highest BCUT2D eigenvalue weighted by Gasteiger charge is 2.56.